The average molecular weight is 593 g/mol. The molecule has 0 amide bonds. The van der Waals surface area contributed by atoms with E-state index in [0.717, 1.165) is 57.2 Å². The van der Waals surface area contributed by atoms with Gasteiger partial charge in [-0.1, -0.05) is 42.5 Å². The normalized spacial score (nSPS) is 19.7. The molecule has 3 N–H and O–H groups in total. The number of carbonyl (C=O) groups is 3. The van der Waals surface area contributed by atoms with Gasteiger partial charge in [-0.25, -0.2) is 0 Å². The van der Waals surface area contributed by atoms with Gasteiger partial charge in [0.1, 0.15) is 17.4 Å². The number of aldehydes is 1. The van der Waals surface area contributed by atoms with Crippen LogP contribution < -0.4 is 11.1 Å². The molecule has 0 radical (unpaired) electrons. The highest BCUT2D eigenvalue weighted by molar-refractivity contribution is 5.84. The maximum Gasteiger partial charge on any atom is 0.326 e. The molecule has 9 heteroatoms. The average Bonchev–Trinajstić information content (AvgIpc) is 3.85. The molecule has 2 aromatic carbocycles. The lowest BCUT2D eigenvalue weighted by Gasteiger charge is -2.17. The second-order valence-corrected chi connectivity index (χ2v) is 12.2. The maximum atomic E-state index is 11.7. The summed E-state index contributed by atoms with van der Waals surface area (Å²) in [5, 5.41) is 3.37. The van der Waals surface area contributed by atoms with Gasteiger partial charge in [-0.3, -0.25) is 29.5 Å². The second-order valence-electron chi connectivity index (χ2n) is 12.2. The highest BCUT2D eigenvalue weighted by Crippen LogP contribution is 2.37. The Morgan fingerprint density at radius 2 is 1.30 bits per heavy atom. The van der Waals surface area contributed by atoms with Gasteiger partial charge in [-0.05, 0) is 100 Å². The van der Waals surface area contributed by atoms with Crippen LogP contribution in [0.5, 0.6) is 0 Å². The van der Waals surface area contributed by atoms with E-state index in [4.69, 9.17) is 10.5 Å². The molecule has 6 rings (SSSR count). The van der Waals surface area contributed by atoms with Gasteiger partial charge < -0.3 is 15.2 Å². The molecule has 2 saturated heterocycles. The number of esters is 2. The van der Waals surface area contributed by atoms with E-state index in [-0.39, 0.29) is 11.9 Å². The Morgan fingerprint density at radius 3 is 1.77 bits per heavy atom. The first-order chi connectivity index (χ1) is 20.8. The van der Waals surface area contributed by atoms with E-state index in [1.165, 1.54) is 82.8 Å². The lowest BCUT2D eigenvalue weighted by Crippen LogP contribution is -2.39. The summed E-state index contributed by atoms with van der Waals surface area (Å²) in [5.74, 6) is -0.409. The minimum Gasteiger partial charge on any atom is -0.468 e. The predicted octanol–water partition coefficient (Wildman–Crippen LogP) is 3.82. The molecule has 234 valence electrons. The van der Waals surface area contributed by atoms with Crippen molar-refractivity contribution in [2.45, 2.75) is 82.1 Å². The number of benzene rings is 2. The fourth-order valence-corrected chi connectivity index (χ4v) is 5.59. The van der Waals surface area contributed by atoms with Gasteiger partial charge in [-0.2, -0.15) is 0 Å². The predicted molar refractivity (Wildman–Crippen MR) is 166 cm³/mol. The van der Waals surface area contributed by atoms with E-state index in [2.05, 4.69) is 50.2 Å². The molecule has 2 heterocycles. The molecule has 0 bridgehead atoms. The molecule has 0 spiro atoms. The maximum absolute atomic E-state index is 11.7. The summed E-state index contributed by atoms with van der Waals surface area (Å²) < 4.78 is 9.28. The molecule has 0 atom stereocenters. The van der Waals surface area contributed by atoms with E-state index in [9.17, 15) is 14.4 Å². The Kier molecular flexibility index (Phi) is 11.9. The summed E-state index contributed by atoms with van der Waals surface area (Å²) >= 11 is 0. The Balaban J connectivity index is 0.000000165. The Hall–Kier alpha value is -3.11. The van der Waals surface area contributed by atoms with Crippen LogP contribution in [0.2, 0.25) is 0 Å². The largest absolute Gasteiger partial charge is 0.468 e. The number of hydrogen-bond acceptors (Lipinski definition) is 9. The van der Waals surface area contributed by atoms with Crippen molar-refractivity contribution in [1.82, 2.24) is 15.1 Å². The fourth-order valence-electron chi connectivity index (χ4n) is 5.59. The van der Waals surface area contributed by atoms with Crippen LogP contribution in [0.4, 0.5) is 0 Å². The zero-order chi connectivity index (χ0) is 30.7. The Labute approximate surface area is 256 Å². The van der Waals surface area contributed by atoms with E-state index in [1.807, 2.05) is 18.2 Å². The van der Waals surface area contributed by atoms with E-state index < -0.39 is 11.1 Å². The second kappa shape index (κ2) is 15.6. The number of nitrogens with zero attached hydrogens (tertiary/aromatic N) is 2. The summed E-state index contributed by atoms with van der Waals surface area (Å²) in [4.78, 5) is 37.8. The molecular weight excluding hydrogens is 544 g/mol. The van der Waals surface area contributed by atoms with Crippen LogP contribution in [-0.2, 0) is 38.7 Å². The monoisotopic (exact) mass is 592 g/mol. The number of ether oxygens (including phenoxy) is 2. The Morgan fingerprint density at radius 1 is 0.791 bits per heavy atom. The first-order valence-corrected chi connectivity index (χ1v) is 15.6. The van der Waals surface area contributed by atoms with Crippen molar-refractivity contribution in [1.29, 1.82) is 0 Å². The van der Waals surface area contributed by atoms with Crippen molar-refractivity contribution in [2.24, 2.45) is 5.73 Å². The van der Waals surface area contributed by atoms with Crippen molar-refractivity contribution in [3.05, 3.63) is 70.8 Å². The molecule has 4 aliphatic rings. The van der Waals surface area contributed by atoms with Crippen LogP contribution in [0.1, 0.15) is 78.4 Å². The highest BCUT2D eigenvalue weighted by Gasteiger charge is 2.50. The van der Waals surface area contributed by atoms with Crippen LogP contribution in [0.15, 0.2) is 48.5 Å². The van der Waals surface area contributed by atoms with Crippen LogP contribution in [0.3, 0.4) is 0 Å². The van der Waals surface area contributed by atoms with E-state index >= 15 is 0 Å². The zero-order valence-electron chi connectivity index (χ0n) is 25.8. The lowest BCUT2D eigenvalue weighted by atomic mass is 10.1. The summed E-state index contributed by atoms with van der Waals surface area (Å²) in [6.45, 7) is 7.58. The minimum absolute atomic E-state index is 0.129. The van der Waals surface area contributed by atoms with Gasteiger partial charge >= 0.3 is 11.9 Å². The molecule has 0 unspecified atom stereocenters. The van der Waals surface area contributed by atoms with Gasteiger partial charge in [0.25, 0.3) is 0 Å². The van der Waals surface area contributed by atoms with Crippen molar-refractivity contribution >= 4 is 18.2 Å². The van der Waals surface area contributed by atoms with Gasteiger partial charge in [0.05, 0.1) is 14.2 Å². The molecule has 2 aliphatic heterocycles. The van der Waals surface area contributed by atoms with Crippen LogP contribution in [0.25, 0.3) is 0 Å². The molecule has 2 aromatic rings. The number of nitrogens with one attached hydrogen (secondary N) is 1. The minimum atomic E-state index is -0.602. The number of likely N-dealkylation sites (tertiary alicyclic amines) is 2. The standard InChI is InChI=1S/C17H24N2O2.C12H15NO.C5H9NO2/c1-21-16(20)17(7-8-17)18-12-14-5-4-6-15(11-14)13-19-9-2-3-10-19;14-10-12-5-3-4-11(8-12)9-13-6-1-2-7-13;1-8-4(7)5(6)2-3-5/h4-6,11,18H,2-3,7-10,12-13H2,1H3;3-5,8,10H,1-2,6-7,9H2;2-3,6H2,1H3. The first-order valence-electron chi connectivity index (χ1n) is 15.6. The Bertz CT molecular complexity index is 1210. The summed E-state index contributed by atoms with van der Waals surface area (Å²) in [5.41, 5.74) is 9.03. The third kappa shape index (κ3) is 9.96. The summed E-state index contributed by atoms with van der Waals surface area (Å²) in [6.07, 6.45) is 9.50. The molecule has 43 heavy (non-hydrogen) atoms. The van der Waals surface area contributed by atoms with E-state index in [0.29, 0.717) is 0 Å². The highest BCUT2D eigenvalue weighted by atomic mass is 16.5. The van der Waals surface area contributed by atoms with Crippen molar-refractivity contribution in [3.8, 4) is 0 Å². The third-order valence-electron chi connectivity index (χ3n) is 8.63. The van der Waals surface area contributed by atoms with Gasteiger partial charge in [-0.15, -0.1) is 0 Å². The first kappa shape index (κ1) is 32.8. The SMILES string of the molecule is COC(=O)C1(N)CC1.COC(=O)C1(NCc2cccc(CN3CCCC3)c2)CC1.O=Cc1cccc(CN2CCCC2)c1. The molecule has 4 fully saturated rings. The van der Waals surface area contributed by atoms with Gasteiger partial charge in [0.15, 0.2) is 0 Å². The van der Waals surface area contributed by atoms with E-state index in [1.54, 1.807) is 0 Å². The fraction of sp³-hybridized carbons (Fsp3) is 0.559. The topological polar surface area (TPSA) is 114 Å². The van der Waals surface area contributed by atoms with Crippen LogP contribution >= 0.6 is 0 Å². The number of rotatable bonds is 10. The molecule has 2 saturated carbocycles. The number of carbonyl (C=O) groups excluding carboxylic acids is 3. The lowest BCUT2D eigenvalue weighted by molar-refractivity contribution is -0.144. The molecule has 9 nitrogen and oxygen atoms in total. The molecular formula is C34H48N4O5. The van der Waals surface area contributed by atoms with Crippen LogP contribution in [-0.4, -0.2) is 79.5 Å². The van der Waals surface area contributed by atoms with Crippen molar-refractivity contribution in [3.63, 3.8) is 0 Å². The summed E-state index contributed by atoms with van der Waals surface area (Å²) in [6, 6.07) is 16.5. The number of methoxy groups -OCH3 is 2. The van der Waals surface area contributed by atoms with Gasteiger partial charge in [0.2, 0.25) is 0 Å². The quantitative estimate of drug-likeness (QED) is 0.314. The van der Waals surface area contributed by atoms with Crippen molar-refractivity contribution in [2.75, 3.05) is 40.4 Å². The number of hydrogen-bond donors (Lipinski definition) is 2. The zero-order valence-corrected chi connectivity index (χ0v) is 25.8. The molecule has 0 aromatic heterocycles. The summed E-state index contributed by atoms with van der Waals surface area (Å²) in [7, 11) is 2.82. The third-order valence-corrected chi connectivity index (χ3v) is 8.63. The van der Waals surface area contributed by atoms with Crippen LogP contribution in [0, 0.1) is 0 Å². The van der Waals surface area contributed by atoms with Gasteiger partial charge in [0, 0.05) is 25.2 Å². The molecule has 2 aliphatic carbocycles. The number of nitrogens with two attached hydrogens (primary N) is 1. The smallest absolute Gasteiger partial charge is 0.326 e. The van der Waals surface area contributed by atoms with Crippen molar-refractivity contribution < 1.29 is 23.9 Å².